The van der Waals surface area contributed by atoms with Crippen LogP contribution in [0, 0.1) is 11.3 Å². The molecule has 0 atom stereocenters. The monoisotopic (exact) mass is 382 g/mol. The number of carbonyl (C=O) groups is 1. The number of tetrazole rings is 1. The van der Waals surface area contributed by atoms with Crippen LogP contribution < -0.4 is 10.1 Å². The molecule has 2 N–H and O–H groups in total. The van der Waals surface area contributed by atoms with Crippen LogP contribution in [0.25, 0.3) is 11.4 Å². The van der Waals surface area contributed by atoms with Crippen molar-refractivity contribution >= 4 is 11.6 Å². The molecule has 0 aliphatic heterocycles. The predicted molar refractivity (Wildman–Crippen MR) is 105 cm³/mol. The minimum absolute atomic E-state index is 0.331. The number of nitriles is 1. The van der Waals surface area contributed by atoms with Crippen molar-refractivity contribution in [3.8, 4) is 29.0 Å². The quantitative estimate of drug-likeness (QED) is 0.542. The Kier molecular flexibility index (Phi) is 4.95. The van der Waals surface area contributed by atoms with Crippen LogP contribution >= 0.6 is 0 Å². The molecule has 140 valence electrons. The van der Waals surface area contributed by atoms with E-state index >= 15 is 0 Å². The van der Waals surface area contributed by atoms with E-state index in [0.717, 1.165) is 5.56 Å². The van der Waals surface area contributed by atoms with Crippen LogP contribution in [-0.2, 0) is 0 Å². The number of carbonyl (C=O) groups excluding carboxylic acids is 1. The number of nitrogens with zero attached hydrogens (tertiary/aromatic N) is 4. The van der Waals surface area contributed by atoms with Gasteiger partial charge in [0.15, 0.2) is 0 Å². The molecular weight excluding hydrogens is 368 g/mol. The number of amides is 1. The standard InChI is InChI=1S/C21H14N6O2/c22-13-15-5-1-3-7-18(15)29-19-8-4-2-6-17(19)21(28)23-16-11-9-14(10-12-16)20-24-26-27-25-20/h1-12H,(H,23,28)(H,24,25,26,27). The Bertz CT molecular complexity index is 1180. The van der Waals surface area contributed by atoms with Crippen molar-refractivity contribution in [2.24, 2.45) is 0 Å². The second-order valence-corrected chi connectivity index (χ2v) is 5.97. The third-order valence-electron chi connectivity index (χ3n) is 4.11. The highest BCUT2D eigenvalue weighted by Gasteiger charge is 2.14. The average molecular weight is 382 g/mol. The number of anilines is 1. The van der Waals surface area contributed by atoms with Gasteiger partial charge in [-0.1, -0.05) is 24.3 Å². The van der Waals surface area contributed by atoms with E-state index in [0.29, 0.717) is 34.1 Å². The van der Waals surface area contributed by atoms with E-state index in [-0.39, 0.29) is 5.91 Å². The second kappa shape index (κ2) is 8.02. The molecule has 0 aliphatic rings. The van der Waals surface area contributed by atoms with E-state index in [2.05, 4.69) is 32.0 Å². The molecule has 0 unspecified atom stereocenters. The predicted octanol–water partition coefficient (Wildman–Crippen LogP) is 3.78. The number of ether oxygens (including phenoxy) is 1. The highest BCUT2D eigenvalue weighted by molar-refractivity contribution is 6.06. The van der Waals surface area contributed by atoms with Gasteiger partial charge in [-0.15, -0.1) is 10.2 Å². The number of benzene rings is 3. The molecule has 0 bridgehead atoms. The lowest BCUT2D eigenvalue weighted by molar-refractivity contribution is 0.102. The molecule has 4 aromatic rings. The van der Waals surface area contributed by atoms with E-state index in [9.17, 15) is 10.1 Å². The fourth-order valence-electron chi connectivity index (χ4n) is 2.69. The van der Waals surface area contributed by atoms with E-state index in [1.807, 2.05) is 0 Å². The Hall–Kier alpha value is -4.51. The molecule has 0 aliphatic carbocycles. The van der Waals surface area contributed by atoms with Crippen LogP contribution in [0.15, 0.2) is 72.8 Å². The number of aromatic amines is 1. The van der Waals surface area contributed by atoms with Crippen LogP contribution in [-0.4, -0.2) is 26.5 Å². The summed E-state index contributed by atoms with van der Waals surface area (Å²) >= 11 is 0. The lowest BCUT2D eigenvalue weighted by atomic mass is 10.1. The first-order chi connectivity index (χ1) is 14.2. The maximum absolute atomic E-state index is 12.8. The molecule has 0 saturated heterocycles. The van der Waals surface area contributed by atoms with Crippen LogP contribution in [0.2, 0.25) is 0 Å². The Morgan fingerprint density at radius 2 is 1.69 bits per heavy atom. The molecule has 1 heterocycles. The Morgan fingerprint density at radius 3 is 2.41 bits per heavy atom. The van der Waals surface area contributed by atoms with Gasteiger partial charge >= 0.3 is 0 Å². The maximum atomic E-state index is 12.8. The first-order valence-electron chi connectivity index (χ1n) is 8.66. The van der Waals surface area contributed by atoms with Crippen molar-refractivity contribution in [2.45, 2.75) is 0 Å². The first-order valence-corrected chi connectivity index (χ1v) is 8.66. The van der Waals surface area contributed by atoms with Gasteiger partial charge in [0, 0.05) is 11.3 Å². The van der Waals surface area contributed by atoms with Crippen LogP contribution in [0.1, 0.15) is 15.9 Å². The summed E-state index contributed by atoms with van der Waals surface area (Å²) in [4.78, 5) is 12.8. The number of rotatable bonds is 5. The summed E-state index contributed by atoms with van der Waals surface area (Å²) in [7, 11) is 0. The van der Waals surface area contributed by atoms with E-state index in [1.165, 1.54) is 0 Å². The molecule has 0 fully saturated rings. The Morgan fingerprint density at radius 1 is 0.966 bits per heavy atom. The van der Waals surface area contributed by atoms with Crippen molar-refractivity contribution in [3.05, 3.63) is 83.9 Å². The Balaban J connectivity index is 1.54. The number of para-hydroxylation sites is 2. The summed E-state index contributed by atoms with van der Waals surface area (Å²) in [5.74, 6) is 0.885. The second-order valence-electron chi connectivity index (χ2n) is 5.97. The summed E-state index contributed by atoms with van der Waals surface area (Å²) in [5.41, 5.74) is 2.12. The SMILES string of the molecule is N#Cc1ccccc1Oc1ccccc1C(=O)Nc1ccc(-c2nn[nH]n2)cc1. The first kappa shape index (κ1) is 17.9. The van der Waals surface area contributed by atoms with Gasteiger partial charge < -0.3 is 10.1 Å². The molecule has 8 nitrogen and oxygen atoms in total. The Labute approximate surface area is 165 Å². The summed E-state index contributed by atoms with van der Waals surface area (Å²) < 4.78 is 5.85. The molecule has 1 aromatic heterocycles. The zero-order chi connectivity index (χ0) is 20.1. The summed E-state index contributed by atoms with van der Waals surface area (Å²) in [6.07, 6.45) is 0. The van der Waals surface area contributed by atoms with Crippen LogP contribution in [0.4, 0.5) is 5.69 Å². The molecule has 3 aromatic carbocycles. The van der Waals surface area contributed by atoms with E-state index in [4.69, 9.17) is 4.74 Å². The smallest absolute Gasteiger partial charge is 0.259 e. The van der Waals surface area contributed by atoms with Gasteiger partial charge in [-0.2, -0.15) is 10.5 Å². The lowest BCUT2D eigenvalue weighted by Gasteiger charge is -2.12. The van der Waals surface area contributed by atoms with Crippen molar-refractivity contribution in [1.82, 2.24) is 20.6 Å². The van der Waals surface area contributed by atoms with Crippen molar-refractivity contribution in [2.75, 3.05) is 5.32 Å². The number of aromatic nitrogens is 4. The highest BCUT2D eigenvalue weighted by atomic mass is 16.5. The number of H-pyrrole nitrogens is 1. The van der Waals surface area contributed by atoms with Gasteiger partial charge in [-0.05, 0) is 53.7 Å². The van der Waals surface area contributed by atoms with Gasteiger partial charge in [0.1, 0.15) is 17.6 Å². The van der Waals surface area contributed by atoms with Crippen LogP contribution in [0.5, 0.6) is 11.5 Å². The zero-order valence-corrected chi connectivity index (χ0v) is 15.0. The number of nitrogens with one attached hydrogen (secondary N) is 2. The lowest BCUT2D eigenvalue weighted by Crippen LogP contribution is -2.13. The van der Waals surface area contributed by atoms with Crippen molar-refractivity contribution < 1.29 is 9.53 Å². The molecule has 0 spiro atoms. The maximum Gasteiger partial charge on any atom is 0.259 e. The highest BCUT2D eigenvalue weighted by Crippen LogP contribution is 2.28. The molecule has 0 saturated carbocycles. The van der Waals surface area contributed by atoms with E-state index in [1.54, 1.807) is 72.8 Å². The molecular formula is C21H14N6O2. The van der Waals surface area contributed by atoms with Gasteiger partial charge in [0.2, 0.25) is 5.82 Å². The largest absolute Gasteiger partial charge is 0.455 e. The number of hydrogen-bond donors (Lipinski definition) is 2. The molecule has 29 heavy (non-hydrogen) atoms. The van der Waals surface area contributed by atoms with Gasteiger partial charge in [-0.3, -0.25) is 4.79 Å². The minimum atomic E-state index is -0.331. The third kappa shape index (κ3) is 3.94. The fraction of sp³-hybridized carbons (Fsp3) is 0. The van der Waals surface area contributed by atoms with Gasteiger partial charge in [-0.25, -0.2) is 0 Å². The van der Waals surface area contributed by atoms with Gasteiger partial charge in [0.25, 0.3) is 5.91 Å². The molecule has 1 amide bonds. The normalized spacial score (nSPS) is 10.2. The number of hydrogen-bond acceptors (Lipinski definition) is 6. The topological polar surface area (TPSA) is 117 Å². The van der Waals surface area contributed by atoms with Crippen molar-refractivity contribution in [3.63, 3.8) is 0 Å². The summed E-state index contributed by atoms with van der Waals surface area (Å²) in [5, 5.41) is 25.8. The fourth-order valence-corrected chi connectivity index (χ4v) is 2.69. The molecule has 4 rings (SSSR count). The molecule has 8 heteroatoms. The van der Waals surface area contributed by atoms with Crippen LogP contribution in [0.3, 0.4) is 0 Å². The van der Waals surface area contributed by atoms with Gasteiger partial charge in [0.05, 0.1) is 11.1 Å². The van der Waals surface area contributed by atoms with Crippen molar-refractivity contribution in [1.29, 1.82) is 5.26 Å². The summed E-state index contributed by atoms with van der Waals surface area (Å²) in [6, 6.07) is 22.9. The minimum Gasteiger partial charge on any atom is -0.455 e. The third-order valence-corrected chi connectivity index (χ3v) is 4.11. The summed E-state index contributed by atoms with van der Waals surface area (Å²) in [6.45, 7) is 0. The zero-order valence-electron chi connectivity index (χ0n) is 15.0. The van der Waals surface area contributed by atoms with E-state index < -0.39 is 0 Å². The molecule has 0 radical (unpaired) electrons. The average Bonchev–Trinajstić information content (AvgIpc) is 3.30.